The molecule has 0 bridgehead atoms. The third-order valence-electron chi connectivity index (χ3n) is 2.54. The van der Waals surface area contributed by atoms with E-state index in [-0.39, 0.29) is 5.56 Å². The van der Waals surface area contributed by atoms with Gasteiger partial charge in [0, 0.05) is 5.16 Å². The summed E-state index contributed by atoms with van der Waals surface area (Å²) in [5, 5.41) is -0.548. The third-order valence-corrected chi connectivity index (χ3v) is 4.57. The number of methoxy groups -OCH3 is 2. The molecule has 1 atom stereocenters. The van der Waals surface area contributed by atoms with Gasteiger partial charge in [0.1, 0.15) is 24.9 Å². The van der Waals surface area contributed by atoms with Crippen molar-refractivity contribution in [2.45, 2.75) is 25.9 Å². The topological polar surface area (TPSA) is 52.6 Å². The highest BCUT2D eigenvalue weighted by molar-refractivity contribution is 7.66. The zero-order chi connectivity index (χ0) is 13.9. The average Bonchev–Trinajstić information content (AvgIpc) is 2.34. The van der Waals surface area contributed by atoms with Crippen LogP contribution in [0.5, 0.6) is 11.5 Å². The Morgan fingerprint density at radius 1 is 1.11 bits per heavy atom. The van der Waals surface area contributed by atoms with Gasteiger partial charge in [-0.05, 0) is 12.1 Å². The Bertz CT molecular complexity index is 452. The van der Waals surface area contributed by atoms with E-state index in [1.807, 2.05) is 0 Å². The molecule has 0 saturated carbocycles. The number of hydrogen-bond acceptors (Lipinski definition) is 4. The Morgan fingerprint density at radius 3 is 1.89 bits per heavy atom. The molecule has 1 aromatic carbocycles. The Kier molecular flexibility index (Phi) is 4.58. The minimum absolute atomic E-state index is 0.265. The monoisotopic (exact) mass is 270 g/mol. The smallest absolute Gasteiger partial charge is 0.226 e. The summed E-state index contributed by atoms with van der Waals surface area (Å²) in [7, 11) is 0.496. The molecule has 1 unspecified atom stereocenters. The standard InChI is InChI=1S/C13H19O4P/c1-13(2,3)18(15)12(14)11-9(16-4)7-6-8-10(11)17-5/h6-8,18H,1-5H3. The molecule has 0 aliphatic heterocycles. The largest absolute Gasteiger partial charge is 0.496 e. The Labute approximate surface area is 108 Å². The van der Waals surface area contributed by atoms with Gasteiger partial charge in [-0.3, -0.25) is 4.79 Å². The van der Waals surface area contributed by atoms with Crippen molar-refractivity contribution in [2.75, 3.05) is 14.2 Å². The van der Waals surface area contributed by atoms with E-state index in [0.717, 1.165) is 0 Å². The molecule has 0 aromatic heterocycles. The maximum Gasteiger partial charge on any atom is 0.226 e. The highest BCUT2D eigenvalue weighted by Gasteiger charge is 2.31. The van der Waals surface area contributed by atoms with Crippen molar-refractivity contribution < 1.29 is 18.8 Å². The molecule has 0 amide bonds. The van der Waals surface area contributed by atoms with Crippen molar-refractivity contribution >= 4 is 13.3 Å². The van der Waals surface area contributed by atoms with Crippen molar-refractivity contribution in [3.05, 3.63) is 23.8 Å². The lowest BCUT2D eigenvalue weighted by Gasteiger charge is -2.19. The van der Waals surface area contributed by atoms with Crippen LogP contribution in [0.15, 0.2) is 18.2 Å². The van der Waals surface area contributed by atoms with Gasteiger partial charge < -0.3 is 14.0 Å². The van der Waals surface area contributed by atoms with Crippen LogP contribution in [0.1, 0.15) is 31.1 Å². The van der Waals surface area contributed by atoms with Crippen LogP contribution >= 0.6 is 7.80 Å². The average molecular weight is 270 g/mol. The molecular weight excluding hydrogens is 251 g/mol. The van der Waals surface area contributed by atoms with E-state index < -0.39 is 18.5 Å². The van der Waals surface area contributed by atoms with E-state index in [4.69, 9.17) is 9.47 Å². The summed E-state index contributed by atoms with van der Waals surface area (Å²) in [4.78, 5) is 12.3. The molecule has 0 N–H and O–H groups in total. The van der Waals surface area contributed by atoms with Gasteiger partial charge in [0.05, 0.1) is 14.2 Å². The molecule has 0 heterocycles. The lowest BCUT2D eigenvalue weighted by molar-refractivity contribution is 0.107. The minimum Gasteiger partial charge on any atom is -0.496 e. The maximum absolute atomic E-state index is 12.3. The molecule has 0 spiro atoms. The first-order valence-corrected chi connectivity index (χ1v) is 7.04. The molecule has 1 rings (SSSR count). The van der Waals surface area contributed by atoms with Gasteiger partial charge in [0.2, 0.25) is 5.52 Å². The van der Waals surface area contributed by atoms with Crippen LogP contribution in [-0.4, -0.2) is 24.9 Å². The second-order valence-corrected chi connectivity index (χ2v) is 7.56. The Morgan fingerprint density at radius 2 is 1.56 bits per heavy atom. The summed E-state index contributed by atoms with van der Waals surface area (Å²) in [6.07, 6.45) is 0. The highest BCUT2D eigenvalue weighted by Crippen LogP contribution is 2.45. The quantitative estimate of drug-likeness (QED) is 0.788. The van der Waals surface area contributed by atoms with Crippen LogP contribution in [0, 0.1) is 0 Å². The van der Waals surface area contributed by atoms with E-state index >= 15 is 0 Å². The summed E-state index contributed by atoms with van der Waals surface area (Å²) in [6.45, 7) is 5.36. The zero-order valence-electron chi connectivity index (χ0n) is 11.4. The fourth-order valence-electron chi connectivity index (χ4n) is 1.53. The molecule has 0 fully saturated rings. The predicted octanol–water partition coefficient (Wildman–Crippen LogP) is 3.20. The molecular formula is C13H19O4P. The van der Waals surface area contributed by atoms with Gasteiger partial charge in [-0.1, -0.05) is 26.8 Å². The summed E-state index contributed by atoms with van der Waals surface area (Å²) < 4.78 is 22.5. The first-order chi connectivity index (χ1) is 8.32. The first-order valence-electron chi connectivity index (χ1n) is 5.63. The summed E-state index contributed by atoms with van der Waals surface area (Å²) in [5.41, 5.74) is -0.136. The third kappa shape index (κ3) is 2.94. The number of carbonyl (C=O) groups excluding carboxylic acids is 1. The molecule has 1 aromatic rings. The van der Waals surface area contributed by atoms with E-state index in [0.29, 0.717) is 11.5 Å². The highest BCUT2D eigenvalue weighted by atomic mass is 31.1. The normalized spacial score (nSPS) is 12.9. The van der Waals surface area contributed by atoms with Crippen LogP contribution < -0.4 is 9.47 Å². The van der Waals surface area contributed by atoms with Crippen molar-refractivity contribution in [1.82, 2.24) is 0 Å². The molecule has 0 aliphatic carbocycles. The molecule has 18 heavy (non-hydrogen) atoms. The SMILES string of the molecule is COc1cccc(OC)c1C(=O)[PH](=O)C(C)(C)C. The molecule has 100 valence electrons. The van der Waals surface area contributed by atoms with E-state index in [1.165, 1.54) is 14.2 Å². The number of carbonyl (C=O) groups is 1. The van der Waals surface area contributed by atoms with E-state index in [1.54, 1.807) is 39.0 Å². The fraction of sp³-hybridized carbons (Fsp3) is 0.462. The van der Waals surface area contributed by atoms with Crippen LogP contribution in [-0.2, 0) is 4.57 Å². The van der Waals surface area contributed by atoms with E-state index in [2.05, 4.69) is 0 Å². The van der Waals surface area contributed by atoms with Gasteiger partial charge in [0.15, 0.2) is 0 Å². The molecule has 0 saturated heterocycles. The van der Waals surface area contributed by atoms with Crippen LogP contribution in [0.2, 0.25) is 0 Å². The van der Waals surface area contributed by atoms with Gasteiger partial charge in [0.25, 0.3) is 0 Å². The zero-order valence-corrected chi connectivity index (χ0v) is 12.4. The summed E-state index contributed by atoms with van der Waals surface area (Å²) >= 11 is 0. The fourth-order valence-corrected chi connectivity index (χ4v) is 2.68. The Balaban J connectivity index is 3.32. The van der Waals surface area contributed by atoms with Gasteiger partial charge in [-0.25, -0.2) is 0 Å². The van der Waals surface area contributed by atoms with Crippen LogP contribution in [0.3, 0.4) is 0 Å². The first kappa shape index (κ1) is 14.8. The molecule has 0 radical (unpaired) electrons. The number of benzene rings is 1. The molecule has 5 heteroatoms. The number of rotatable bonds is 4. The summed E-state index contributed by atoms with van der Waals surface area (Å²) in [5.74, 6) is 0.781. The summed E-state index contributed by atoms with van der Waals surface area (Å²) in [6, 6.07) is 5.05. The van der Waals surface area contributed by atoms with Gasteiger partial charge >= 0.3 is 0 Å². The van der Waals surface area contributed by atoms with Gasteiger partial charge in [-0.2, -0.15) is 0 Å². The lowest BCUT2D eigenvalue weighted by Crippen LogP contribution is -2.13. The second-order valence-electron chi connectivity index (χ2n) is 4.95. The van der Waals surface area contributed by atoms with Crippen molar-refractivity contribution in [3.63, 3.8) is 0 Å². The lowest BCUT2D eigenvalue weighted by atomic mass is 10.2. The van der Waals surface area contributed by atoms with E-state index in [9.17, 15) is 9.36 Å². The van der Waals surface area contributed by atoms with Crippen LogP contribution in [0.4, 0.5) is 0 Å². The maximum atomic E-state index is 12.3. The van der Waals surface area contributed by atoms with Crippen molar-refractivity contribution in [1.29, 1.82) is 0 Å². The predicted molar refractivity (Wildman–Crippen MR) is 72.6 cm³/mol. The number of hydrogen-bond donors (Lipinski definition) is 0. The number of ether oxygens (including phenoxy) is 2. The second kappa shape index (κ2) is 5.57. The molecule has 0 aliphatic rings. The van der Waals surface area contributed by atoms with Gasteiger partial charge in [-0.15, -0.1) is 0 Å². The molecule has 4 nitrogen and oxygen atoms in total. The Hall–Kier alpha value is -1.28. The van der Waals surface area contributed by atoms with Crippen molar-refractivity contribution in [3.8, 4) is 11.5 Å². The van der Waals surface area contributed by atoms with Crippen molar-refractivity contribution in [2.24, 2.45) is 0 Å². The minimum atomic E-state index is -2.45. The van der Waals surface area contributed by atoms with Crippen LogP contribution in [0.25, 0.3) is 0 Å².